The molecule has 98 valence electrons. The summed E-state index contributed by atoms with van der Waals surface area (Å²) in [6.45, 7) is 0.0844. The van der Waals surface area contributed by atoms with Crippen LogP contribution < -0.4 is 5.32 Å². The molecule has 1 aromatic carbocycles. The van der Waals surface area contributed by atoms with Gasteiger partial charge >= 0.3 is 0 Å². The molecule has 1 aromatic rings. The lowest BCUT2D eigenvalue weighted by Crippen LogP contribution is -2.49. The topological polar surface area (TPSA) is 66.5 Å². The van der Waals surface area contributed by atoms with E-state index in [9.17, 15) is 17.6 Å². The van der Waals surface area contributed by atoms with E-state index >= 15 is 0 Å². The molecular formula is C10H10ClFN2O3S. The van der Waals surface area contributed by atoms with E-state index in [1.165, 1.54) is 6.07 Å². The lowest BCUT2D eigenvalue weighted by Gasteiger charge is -2.26. The Bertz CT molecular complexity index is 591. The highest BCUT2D eigenvalue weighted by Gasteiger charge is 2.30. The summed E-state index contributed by atoms with van der Waals surface area (Å²) in [4.78, 5) is 10.9. The van der Waals surface area contributed by atoms with E-state index in [0.29, 0.717) is 0 Å². The molecule has 1 saturated heterocycles. The van der Waals surface area contributed by atoms with E-state index in [0.717, 1.165) is 16.4 Å². The zero-order valence-electron chi connectivity index (χ0n) is 9.19. The third-order valence-electron chi connectivity index (χ3n) is 2.51. The average molecular weight is 293 g/mol. The van der Waals surface area contributed by atoms with Crippen LogP contribution in [0.5, 0.6) is 0 Å². The van der Waals surface area contributed by atoms with Gasteiger partial charge in [0.1, 0.15) is 10.7 Å². The van der Waals surface area contributed by atoms with Gasteiger partial charge in [0.25, 0.3) is 0 Å². The molecule has 0 aliphatic carbocycles. The van der Waals surface area contributed by atoms with Crippen molar-refractivity contribution in [2.24, 2.45) is 0 Å². The molecule has 2 rings (SSSR count). The second kappa shape index (κ2) is 4.83. The van der Waals surface area contributed by atoms with Crippen molar-refractivity contribution in [2.45, 2.75) is 4.90 Å². The SMILES string of the molecule is O=C1CN(S(=O)(=O)c2cc(F)ccc2Cl)CCN1. The lowest BCUT2D eigenvalue weighted by molar-refractivity contribution is -0.122. The van der Waals surface area contributed by atoms with Crippen molar-refractivity contribution in [1.82, 2.24) is 9.62 Å². The highest BCUT2D eigenvalue weighted by atomic mass is 35.5. The maximum absolute atomic E-state index is 13.1. The van der Waals surface area contributed by atoms with Crippen LogP contribution in [0.1, 0.15) is 0 Å². The van der Waals surface area contributed by atoms with Gasteiger partial charge in [-0.1, -0.05) is 11.6 Å². The van der Waals surface area contributed by atoms with Crippen LogP contribution in [-0.2, 0) is 14.8 Å². The number of hydrogen-bond donors (Lipinski definition) is 1. The number of benzene rings is 1. The van der Waals surface area contributed by atoms with Gasteiger partial charge in [0.05, 0.1) is 11.6 Å². The van der Waals surface area contributed by atoms with Gasteiger partial charge in [-0.05, 0) is 18.2 Å². The van der Waals surface area contributed by atoms with Crippen molar-refractivity contribution in [3.63, 3.8) is 0 Å². The van der Waals surface area contributed by atoms with Crippen molar-refractivity contribution < 1.29 is 17.6 Å². The molecule has 1 amide bonds. The summed E-state index contributed by atoms with van der Waals surface area (Å²) < 4.78 is 38.5. The first-order valence-electron chi connectivity index (χ1n) is 5.13. The van der Waals surface area contributed by atoms with Gasteiger partial charge in [-0.3, -0.25) is 4.79 Å². The molecule has 5 nitrogen and oxygen atoms in total. The number of amides is 1. The Morgan fingerprint density at radius 2 is 2.11 bits per heavy atom. The van der Waals surface area contributed by atoms with Crippen LogP contribution in [0, 0.1) is 5.82 Å². The molecule has 0 spiro atoms. The number of piperazine rings is 1. The maximum Gasteiger partial charge on any atom is 0.245 e. The van der Waals surface area contributed by atoms with Crippen molar-refractivity contribution in [3.05, 3.63) is 29.0 Å². The molecule has 0 radical (unpaired) electrons. The van der Waals surface area contributed by atoms with E-state index < -0.39 is 21.7 Å². The minimum Gasteiger partial charge on any atom is -0.354 e. The first-order chi connectivity index (χ1) is 8.41. The first kappa shape index (κ1) is 13.3. The van der Waals surface area contributed by atoms with Crippen molar-refractivity contribution in [2.75, 3.05) is 19.6 Å². The standard InChI is InChI=1S/C10H10ClFN2O3S/c11-8-2-1-7(12)5-9(8)18(16,17)14-4-3-13-10(15)6-14/h1-2,5H,3-4,6H2,(H,13,15). The summed E-state index contributed by atoms with van der Waals surface area (Å²) in [5, 5.41) is 2.44. The Balaban J connectivity index is 2.41. The smallest absolute Gasteiger partial charge is 0.245 e. The number of nitrogens with zero attached hydrogens (tertiary/aromatic N) is 1. The second-order valence-corrected chi connectivity index (χ2v) is 6.08. The summed E-state index contributed by atoms with van der Waals surface area (Å²) in [6, 6.07) is 3.10. The van der Waals surface area contributed by atoms with Gasteiger partial charge in [0.15, 0.2) is 0 Å². The molecule has 0 bridgehead atoms. The fourth-order valence-corrected chi connectivity index (χ4v) is 3.52. The van der Waals surface area contributed by atoms with Crippen LogP contribution in [0.25, 0.3) is 0 Å². The van der Waals surface area contributed by atoms with Crippen molar-refractivity contribution >= 4 is 27.5 Å². The van der Waals surface area contributed by atoms with Crippen LogP contribution in [0.15, 0.2) is 23.1 Å². The minimum absolute atomic E-state index is 0.0672. The minimum atomic E-state index is -3.95. The summed E-state index contributed by atoms with van der Waals surface area (Å²) in [5.41, 5.74) is 0. The number of nitrogens with one attached hydrogen (secondary N) is 1. The van der Waals surface area contributed by atoms with E-state index in [4.69, 9.17) is 11.6 Å². The van der Waals surface area contributed by atoms with Gasteiger partial charge < -0.3 is 5.32 Å². The Hall–Kier alpha value is -1.18. The predicted molar refractivity (Wildman–Crippen MR) is 63.2 cm³/mol. The van der Waals surface area contributed by atoms with E-state index in [2.05, 4.69) is 5.32 Å². The molecule has 1 N–H and O–H groups in total. The van der Waals surface area contributed by atoms with Crippen LogP contribution in [-0.4, -0.2) is 38.3 Å². The van der Waals surface area contributed by atoms with Gasteiger partial charge in [-0.15, -0.1) is 0 Å². The second-order valence-electron chi connectivity index (χ2n) is 3.76. The molecule has 1 fully saturated rings. The summed E-state index contributed by atoms with van der Waals surface area (Å²) in [7, 11) is -3.95. The monoisotopic (exact) mass is 292 g/mol. The number of halogens is 2. The zero-order chi connectivity index (χ0) is 13.3. The summed E-state index contributed by atoms with van der Waals surface area (Å²) in [6.07, 6.45) is 0. The molecule has 1 aliphatic heterocycles. The molecule has 1 aliphatic rings. The molecule has 8 heteroatoms. The largest absolute Gasteiger partial charge is 0.354 e. The zero-order valence-corrected chi connectivity index (χ0v) is 10.8. The fourth-order valence-electron chi connectivity index (χ4n) is 1.63. The Labute approximate surface area is 109 Å². The van der Waals surface area contributed by atoms with E-state index in [1.807, 2.05) is 0 Å². The van der Waals surface area contributed by atoms with Crippen LogP contribution in [0.4, 0.5) is 4.39 Å². The fraction of sp³-hybridized carbons (Fsp3) is 0.300. The molecule has 1 heterocycles. The van der Waals surface area contributed by atoms with Crippen molar-refractivity contribution in [1.29, 1.82) is 0 Å². The number of carbonyl (C=O) groups is 1. The molecule has 0 aromatic heterocycles. The Morgan fingerprint density at radius 3 is 2.78 bits per heavy atom. The highest BCUT2D eigenvalue weighted by molar-refractivity contribution is 7.89. The lowest BCUT2D eigenvalue weighted by atomic mass is 10.3. The third-order valence-corrected chi connectivity index (χ3v) is 4.84. The van der Waals surface area contributed by atoms with Crippen LogP contribution >= 0.6 is 11.6 Å². The Kier molecular flexibility index (Phi) is 3.56. The Morgan fingerprint density at radius 1 is 1.39 bits per heavy atom. The average Bonchev–Trinajstić information content (AvgIpc) is 2.32. The number of hydrogen-bond acceptors (Lipinski definition) is 3. The normalized spacial score (nSPS) is 17.6. The van der Waals surface area contributed by atoms with E-state index in [1.54, 1.807) is 0 Å². The van der Waals surface area contributed by atoms with Crippen LogP contribution in [0.3, 0.4) is 0 Å². The molecule has 0 atom stereocenters. The third kappa shape index (κ3) is 2.47. The molecule has 18 heavy (non-hydrogen) atoms. The van der Waals surface area contributed by atoms with Gasteiger partial charge in [-0.2, -0.15) is 4.31 Å². The maximum atomic E-state index is 13.1. The highest BCUT2D eigenvalue weighted by Crippen LogP contribution is 2.25. The first-order valence-corrected chi connectivity index (χ1v) is 6.95. The molecule has 0 unspecified atom stereocenters. The molecule has 0 saturated carbocycles. The predicted octanol–water partition coefficient (Wildman–Crippen LogP) is 0.600. The number of sulfonamides is 1. The van der Waals surface area contributed by atoms with E-state index in [-0.39, 0.29) is 29.6 Å². The van der Waals surface area contributed by atoms with Gasteiger partial charge in [0, 0.05) is 13.1 Å². The summed E-state index contributed by atoms with van der Waals surface area (Å²) >= 11 is 5.76. The summed E-state index contributed by atoms with van der Waals surface area (Å²) in [5.74, 6) is -1.09. The number of rotatable bonds is 2. The molecular weight excluding hydrogens is 283 g/mol. The quantitative estimate of drug-likeness (QED) is 0.868. The van der Waals surface area contributed by atoms with Gasteiger partial charge in [-0.25, -0.2) is 12.8 Å². The van der Waals surface area contributed by atoms with Crippen LogP contribution in [0.2, 0.25) is 5.02 Å². The van der Waals surface area contributed by atoms with Gasteiger partial charge in [0.2, 0.25) is 15.9 Å². The van der Waals surface area contributed by atoms with Crippen molar-refractivity contribution in [3.8, 4) is 0 Å². The number of carbonyl (C=O) groups excluding carboxylic acids is 1.